The van der Waals surface area contributed by atoms with Crippen molar-refractivity contribution in [3.63, 3.8) is 0 Å². The third-order valence-corrected chi connectivity index (χ3v) is 3.38. The molecule has 2 rings (SSSR count). The van der Waals surface area contributed by atoms with Crippen molar-refractivity contribution in [2.24, 2.45) is 0 Å². The van der Waals surface area contributed by atoms with Gasteiger partial charge in [0.15, 0.2) is 0 Å². The number of hydrogen-bond acceptors (Lipinski definition) is 0. The normalized spacial score (nSPS) is 6.72. The Morgan fingerprint density at radius 3 is 1.47 bits per heavy atom. The Balaban J connectivity index is -0.0000000342. The Morgan fingerprint density at radius 1 is 0.750 bits per heavy atom. The molecule has 0 saturated heterocycles. The van der Waals surface area contributed by atoms with E-state index in [1.54, 1.807) is 0 Å². The summed E-state index contributed by atoms with van der Waals surface area (Å²) >= 11 is 0. The molecule has 164 valence electrons. The van der Waals surface area contributed by atoms with Gasteiger partial charge in [-0.3, -0.25) is 0 Å². The van der Waals surface area contributed by atoms with Crippen LogP contribution in [-0.2, 0) is 39.0 Å². The third kappa shape index (κ3) is 40.8. The molecule has 32 heavy (non-hydrogen) atoms. The van der Waals surface area contributed by atoms with Gasteiger partial charge < -0.3 is 36.6 Å². The van der Waals surface area contributed by atoms with E-state index in [-0.39, 0.29) is 106 Å². The summed E-state index contributed by atoms with van der Waals surface area (Å²) in [4.78, 5) is 0. The molecule has 0 amide bonds. The van der Waals surface area contributed by atoms with Crippen LogP contribution in [0.4, 0.5) is 0 Å². The van der Waals surface area contributed by atoms with E-state index in [1.165, 1.54) is 43.2 Å². The Hall–Kier alpha value is 0.492. The van der Waals surface area contributed by atoms with Crippen LogP contribution in [0, 0.1) is 43.1 Å². The van der Waals surface area contributed by atoms with Crippen LogP contribution in [0.25, 0.3) is 6.08 Å². The van der Waals surface area contributed by atoms with Gasteiger partial charge in [-0.25, -0.2) is 0 Å². The number of benzene rings is 2. The summed E-state index contributed by atoms with van der Waals surface area (Å²) in [5.74, 6) is 0. The van der Waals surface area contributed by atoms with Gasteiger partial charge in [0, 0.05) is 0 Å². The van der Waals surface area contributed by atoms with E-state index < -0.39 is 0 Å². The maximum Gasteiger partial charge on any atom is 2.00 e. The fourth-order valence-electron chi connectivity index (χ4n) is 1.84. The second-order valence-electron chi connectivity index (χ2n) is 5.58. The van der Waals surface area contributed by atoms with Crippen molar-refractivity contribution in [1.82, 2.24) is 0 Å². The molecular formula is C28H46Li2Zn2. The molecular weight excluding hydrogens is 481 g/mol. The Kier molecular flexibility index (Phi) is 89.1. The Bertz CT molecular complexity index is 489. The van der Waals surface area contributed by atoms with Gasteiger partial charge in [0.25, 0.3) is 0 Å². The minimum atomic E-state index is 0. The van der Waals surface area contributed by atoms with Crippen molar-refractivity contribution in [1.29, 1.82) is 0 Å². The largest absolute Gasteiger partial charge is 2.00 e. The van der Waals surface area contributed by atoms with Crippen molar-refractivity contribution >= 4 is 6.08 Å². The quantitative estimate of drug-likeness (QED) is 0.294. The summed E-state index contributed by atoms with van der Waals surface area (Å²) in [6.07, 6.45) is 11.6. The van der Waals surface area contributed by atoms with Gasteiger partial charge in [0.05, 0.1) is 0 Å². The van der Waals surface area contributed by atoms with E-state index in [9.17, 15) is 0 Å². The predicted octanol–water partition coefficient (Wildman–Crippen LogP) is 3.57. The molecule has 0 bridgehead atoms. The molecule has 0 fully saturated rings. The number of rotatable bonds is 7. The molecule has 0 nitrogen and oxygen atoms in total. The number of hydrogen-bond donors (Lipinski definition) is 0. The van der Waals surface area contributed by atoms with Gasteiger partial charge in [-0.1, -0.05) is 95.0 Å². The SMILES string of the molecule is C=Cc1ccccc1.CCCCC[CH-]c1ccccc1.[CH2-]CCC.[CH3-].[CH3-].[CH3-].[CH3-].[Li+].[Li+].[Zn+2].[Zn+2]. The van der Waals surface area contributed by atoms with E-state index in [4.69, 9.17) is 0 Å². The zero-order valence-electron chi connectivity index (χ0n) is 23.0. The molecule has 4 heteroatoms. The zero-order valence-corrected chi connectivity index (χ0v) is 28.9. The standard InChI is InChI=1S/C12H17.C8H8.C4H9.4CH3.2Li.2Zn/c1-2-3-4-6-9-12-10-7-5-8-11-12;1-2-8-6-4-3-5-7-8;1-3-4-2;;;;;;;;/h5,7-11H,2-4,6H2,1H3;2-7H,1H2;1,3-4H2,2H3;4*1H3;;;;/q-1;;5*-1;2*+1;2*+2. The molecule has 0 heterocycles. The van der Waals surface area contributed by atoms with Crippen LogP contribution in [0.2, 0.25) is 0 Å². The Labute approximate surface area is 254 Å². The fourth-order valence-corrected chi connectivity index (χ4v) is 1.84. The zero-order chi connectivity index (χ0) is 17.9. The molecule has 0 N–H and O–H groups in total. The maximum atomic E-state index is 3.63. The molecule has 0 radical (unpaired) electrons. The molecule has 0 aliphatic rings. The van der Waals surface area contributed by atoms with Crippen LogP contribution in [0.5, 0.6) is 0 Å². The van der Waals surface area contributed by atoms with Crippen LogP contribution < -0.4 is 37.7 Å². The first-order valence-electron chi connectivity index (χ1n) is 9.13. The first kappa shape index (κ1) is 58.4. The predicted molar refractivity (Wildman–Crippen MR) is 136 cm³/mol. The third-order valence-electron chi connectivity index (χ3n) is 3.38. The van der Waals surface area contributed by atoms with Gasteiger partial charge in [0.2, 0.25) is 0 Å². The van der Waals surface area contributed by atoms with E-state index in [0.717, 1.165) is 6.42 Å². The number of unbranched alkanes of at least 4 members (excludes halogenated alkanes) is 4. The first-order valence-corrected chi connectivity index (χ1v) is 9.13. The monoisotopic (exact) mass is 524 g/mol. The maximum absolute atomic E-state index is 3.63. The molecule has 0 aliphatic heterocycles. The van der Waals surface area contributed by atoms with Crippen molar-refractivity contribution < 1.29 is 76.7 Å². The minimum Gasteiger partial charge on any atom is -0.358 e. The van der Waals surface area contributed by atoms with Crippen molar-refractivity contribution in [3.05, 3.63) is 121 Å². The van der Waals surface area contributed by atoms with Gasteiger partial charge in [-0.15, -0.1) is 12.1 Å². The molecule has 0 atom stereocenters. The summed E-state index contributed by atoms with van der Waals surface area (Å²) in [5, 5.41) is 0. The van der Waals surface area contributed by atoms with Gasteiger partial charge in [-0.2, -0.15) is 30.5 Å². The summed E-state index contributed by atoms with van der Waals surface area (Å²) < 4.78 is 0. The molecule has 0 saturated carbocycles. The van der Waals surface area contributed by atoms with Crippen molar-refractivity contribution in [3.8, 4) is 0 Å². The van der Waals surface area contributed by atoms with Gasteiger partial charge in [-0.05, 0) is 5.56 Å². The second-order valence-corrected chi connectivity index (χ2v) is 5.58. The van der Waals surface area contributed by atoms with Crippen LogP contribution >= 0.6 is 0 Å². The average molecular weight is 527 g/mol. The van der Waals surface area contributed by atoms with E-state index in [1.807, 2.05) is 36.4 Å². The second kappa shape index (κ2) is 48.8. The van der Waals surface area contributed by atoms with Crippen molar-refractivity contribution in [2.75, 3.05) is 0 Å². The first-order chi connectivity index (χ1) is 11.8. The van der Waals surface area contributed by atoms with Crippen LogP contribution in [-0.4, -0.2) is 0 Å². The topological polar surface area (TPSA) is 0 Å². The average Bonchev–Trinajstić information content (AvgIpc) is 2.67. The summed E-state index contributed by atoms with van der Waals surface area (Å²) in [6, 6.07) is 20.6. The Morgan fingerprint density at radius 2 is 1.16 bits per heavy atom. The van der Waals surface area contributed by atoms with Crippen LogP contribution in [0.1, 0.15) is 63.5 Å². The van der Waals surface area contributed by atoms with E-state index >= 15 is 0 Å². The smallest absolute Gasteiger partial charge is 0.358 e. The molecule has 0 unspecified atom stereocenters. The minimum absolute atomic E-state index is 0. The summed E-state index contributed by atoms with van der Waals surface area (Å²) in [5.41, 5.74) is 2.53. The van der Waals surface area contributed by atoms with Crippen LogP contribution in [0.15, 0.2) is 67.2 Å². The molecule has 0 aliphatic carbocycles. The van der Waals surface area contributed by atoms with Crippen LogP contribution in [0.3, 0.4) is 0 Å². The van der Waals surface area contributed by atoms with Crippen molar-refractivity contribution in [2.45, 2.75) is 52.4 Å². The molecule has 2 aromatic carbocycles. The van der Waals surface area contributed by atoms with Gasteiger partial charge >= 0.3 is 76.7 Å². The summed E-state index contributed by atoms with van der Waals surface area (Å²) in [7, 11) is 0. The summed E-state index contributed by atoms with van der Waals surface area (Å²) in [6.45, 7) is 11.6. The van der Waals surface area contributed by atoms with E-state index in [0.29, 0.717) is 0 Å². The fraction of sp³-hybridized carbons (Fsp3) is 0.286. The molecule has 0 spiro atoms. The molecule has 0 aromatic heterocycles. The van der Waals surface area contributed by atoms with E-state index in [2.05, 4.69) is 64.1 Å². The molecule has 2 aromatic rings. The van der Waals surface area contributed by atoms with Gasteiger partial charge in [0.1, 0.15) is 0 Å².